The maximum absolute atomic E-state index is 13.2. The van der Waals surface area contributed by atoms with Crippen LogP contribution in [0.15, 0.2) is 48.2 Å². The molecular weight excluding hydrogens is 462 g/mol. The van der Waals surface area contributed by atoms with E-state index < -0.39 is 0 Å². The number of ketones is 1. The molecule has 0 fully saturated rings. The maximum Gasteiger partial charge on any atom is 0.231 e. The van der Waals surface area contributed by atoms with Crippen LogP contribution >= 0.6 is 0 Å². The molecule has 0 unspecified atom stereocenters. The summed E-state index contributed by atoms with van der Waals surface area (Å²) in [5.41, 5.74) is 4.21. The lowest BCUT2D eigenvalue weighted by Crippen LogP contribution is -2.32. The van der Waals surface area contributed by atoms with Crippen LogP contribution in [0.1, 0.15) is 32.6 Å². The van der Waals surface area contributed by atoms with Crippen molar-refractivity contribution in [2.24, 2.45) is 0 Å². The molecule has 0 bridgehead atoms. The number of rotatable bonds is 5. The van der Waals surface area contributed by atoms with E-state index in [1.165, 1.54) is 0 Å². The lowest BCUT2D eigenvalue weighted by atomic mass is 9.99. The Morgan fingerprint density at radius 2 is 1.78 bits per heavy atom. The van der Waals surface area contributed by atoms with Gasteiger partial charge in [-0.15, -0.1) is 0 Å². The van der Waals surface area contributed by atoms with Crippen molar-refractivity contribution in [1.82, 2.24) is 4.90 Å². The zero-order chi connectivity index (χ0) is 24.8. The van der Waals surface area contributed by atoms with Gasteiger partial charge < -0.3 is 28.4 Å². The molecule has 0 N–H and O–H groups in total. The summed E-state index contributed by atoms with van der Waals surface area (Å²) in [6.45, 7) is 3.86. The fraction of sp³-hybridized carbons (Fsp3) is 0.250. The number of carbonyl (C=O) groups is 1. The summed E-state index contributed by atoms with van der Waals surface area (Å²) < 4.78 is 33.7. The average molecular weight is 488 g/mol. The number of carbonyl (C=O) groups excluding carboxylic acids is 1. The van der Waals surface area contributed by atoms with Crippen molar-refractivity contribution in [3.8, 4) is 34.5 Å². The number of methoxy groups -OCH3 is 2. The number of allylic oxidation sites excluding steroid dienone is 1. The van der Waals surface area contributed by atoms with Crippen molar-refractivity contribution < 1.29 is 33.2 Å². The molecule has 0 atom stereocenters. The van der Waals surface area contributed by atoms with Gasteiger partial charge in [-0.2, -0.15) is 0 Å². The van der Waals surface area contributed by atoms with Crippen LogP contribution in [-0.4, -0.2) is 38.4 Å². The molecule has 0 spiro atoms. The van der Waals surface area contributed by atoms with Gasteiger partial charge in [0.1, 0.15) is 18.2 Å². The molecule has 0 radical (unpaired) electrons. The van der Waals surface area contributed by atoms with Crippen LogP contribution in [0.5, 0.6) is 34.5 Å². The number of fused-ring (bicyclic) bond motifs is 3. The number of benzene rings is 3. The van der Waals surface area contributed by atoms with E-state index in [1.807, 2.05) is 49.4 Å². The summed E-state index contributed by atoms with van der Waals surface area (Å²) in [6, 6.07) is 13.3. The van der Waals surface area contributed by atoms with Gasteiger partial charge in [0.05, 0.1) is 19.8 Å². The van der Waals surface area contributed by atoms with Crippen LogP contribution in [0, 0.1) is 6.92 Å². The van der Waals surface area contributed by atoms with Gasteiger partial charge >= 0.3 is 0 Å². The minimum atomic E-state index is -0.148. The SMILES string of the molecule is COc1ccc(CN2COc3c(cc4c(c3C)O/C(=C\c3ccc5c(c3)OCO5)C4=O)C2)cc1OC. The van der Waals surface area contributed by atoms with Crippen molar-refractivity contribution in [3.63, 3.8) is 0 Å². The number of nitrogens with zero attached hydrogens (tertiary/aromatic N) is 1. The highest BCUT2D eigenvalue weighted by Crippen LogP contribution is 2.44. The molecule has 8 heteroatoms. The predicted octanol–water partition coefficient (Wildman–Crippen LogP) is 4.71. The van der Waals surface area contributed by atoms with Crippen LogP contribution in [0.3, 0.4) is 0 Å². The topological polar surface area (TPSA) is 75.7 Å². The summed E-state index contributed by atoms with van der Waals surface area (Å²) in [5, 5.41) is 0. The van der Waals surface area contributed by atoms with E-state index in [0.717, 1.165) is 28.0 Å². The third kappa shape index (κ3) is 3.79. The molecule has 8 nitrogen and oxygen atoms in total. The van der Waals surface area contributed by atoms with E-state index >= 15 is 0 Å². The minimum Gasteiger partial charge on any atom is -0.493 e. The predicted molar refractivity (Wildman–Crippen MR) is 131 cm³/mol. The van der Waals surface area contributed by atoms with E-state index in [0.29, 0.717) is 54.1 Å². The highest BCUT2D eigenvalue weighted by molar-refractivity contribution is 6.15. The van der Waals surface area contributed by atoms with E-state index in [9.17, 15) is 4.79 Å². The van der Waals surface area contributed by atoms with Crippen molar-refractivity contribution in [3.05, 3.63) is 76.0 Å². The first kappa shape index (κ1) is 22.3. The minimum absolute atomic E-state index is 0.148. The smallest absolute Gasteiger partial charge is 0.231 e. The third-order valence-corrected chi connectivity index (χ3v) is 6.55. The normalized spacial score (nSPS) is 16.9. The number of hydrogen-bond acceptors (Lipinski definition) is 8. The third-order valence-electron chi connectivity index (χ3n) is 6.55. The van der Waals surface area contributed by atoms with Gasteiger partial charge in [0, 0.05) is 24.2 Å². The number of Topliss-reactive ketones (excluding diaryl/α,β-unsaturated/α-hetero) is 1. The molecule has 3 aliphatic rings. The molecule has 0 aromatic heterocycles. The molecule has 3 heterocycles. The molecule has 0 amide bonds. The van der Waals surface area contributed by atoms with Crippen LogP contribution in [0.2, 0.25) is 0 Å². The number of hydrogen-bond donors (Lipinski definition) is 0. The first-order valence-electron chi connectivity index (χ1n) is 11.6. The second-order valence-corrected chi connectivity index (χ2v) is 8.87. The molecular formula is C28H25NO7. The largest absolute Gasteiger partial charge is 0.493 e. The number of ether oxygens (including phenoxy) is 6. The van der Waals surface area contributed by atoms with Crippen molar-refractivity contribution in [2.75, 3.05) is 27.7 Å². The summed E-state index contributed by atoms with van der Waals surface area (Å²) in [4.78, 5) is 15.4. The monoisotopic (exact) mass is 487 g/mol. The fourth-order valence-corrected chi connectivity index (χ4v) is 4.79. The summed E-state index contributed by atoms with van der Waals surface area (Å²) in [6.07, 6.45) is 1.73. The first-order chi connectivity index (χ1) is 17.5. The molecule has 0 saturated heterocycles. The fourth-order valence-electron chi connectivity index (χ4n) is 4.79. The van der Waals surface area contributed by atoms with E-state index in [-0.39, 0.29) is 18.3 Å². The van der Waals surface area contributed by atoms with Crippen molar-refractivity contribution in [2.45, 2.75) is 20.0 Å². The van der Waals surface area contributed by atoms with Crippen LogP contribution < -0.4 is 28.4 Å². The standard InChI is InChI=1S/C28H25NO7/c1-16-27-19(13-29(14-33-27)12-18-5-6-21(31-2)23(10-18)32-3)11-20-26(30)25(36-28(16)20)9-17-4-7-22-24(8-17)35-15-34-22/h4-11H,12-15H2,1-3H3/b25-9-. The molecule has 3 aliphatic heterocycles. The van der Waals surface area contributed by atoms with Gasteiger partial charge in [0.2, 0.25) is 12.6 Å². The second-order valence-electron chi connectivity index (χ2n) is 8.87. The van der Waals surface area contributed by atoms with Gasteiger partial charge in [-0.05, 0) is 54.5 Å². The molecule has 0 aliphatic carbocycles. The average Bonchev–Trinajstić information content (AvgIpc) is 3.48. The van der Waals surface area contributed by atoms with Gasteiger partial charge in [-0.3, -0.25) is 9.69 Å². The summed E-state index contributed by atoms with van der Waals surface area (Å²) in [5.74, 6) is 4.18. The Labute approximate surface area is 208 Å². The Morgan fingerprint density at radius 1 is 0.944 bits per heavy atom. The highest BCUT2D eigenvalue weighted by atomic mass is 16.7. The zero-order valence-corrected chi connectivity index (χ0v) is 20.3. The van der Waals surface area contributed by atoms with E-state index in [2.05, 4.69) is 4.90 Å². The van der Waals surface area contributed by atoms with Gasteiger partial charge in [-0.25, -0.2) is 0 Å². The Morgan fingerprint density at radius 3 is 2.61 bits per heavy atom. The Kier molecular flexibility index (Phi) is 5.45. The summed E-state index contributed by atoms with van der Waals surface area (Å²) >= 11 is 0. The zero-order valence-electron chi connectivity index (χ0n) is 20.3. The Bertz CT molecular complexity index is 1410. The van der Waals surface area contributed by atoms with Crippen LogP contribution in [0.25, 0.3) is 6.08 Å². The van der Waals surface area contributed by atoms with Gasteiger partial charge in [-0.1, -0.05) is 12.1 Å². The molecule has 3 aromatic carbocycles. The van der Waals surface area contributed by atoms with Crippen molar-refractivity contribution >= 4 is 11.9 Å². The summed E-state index contributed by atoms with van der Waals surface area (Å²) in [7, 11) is 3.24. The first-order valence-corrected chi connectivity index (χ1v) is 11.6. The Balaban J connectivity index is 1.24. The molecule has 36 heavy (non-hydrogen) atoms. The molecule has 184 valence electrons. The van der Waals surface area contributed by atoms with Crippen LogP contribution in [0.4, 0.5) is 0 Å². The Hall–Kier alpha value is -4.17. The van der Waals surface area contributed by atoms with Gasteiger partial charge in [0.15, 0.2) is 28.8 Å². The second kappa shape index (κ2) is 8.80. The van der Waals surface area contributed by atoms with E-state index in [4.69, 9.17) is 28.4 Å². The van der Waals surface area contributed by atoms with Crippen LogP contribution in [-0.2, 0) is 13.1 Å². The molecule has 6 rings (SSSR count). The quantitative estimate of drug-likeness (QED) is 0.479. The molecule has 0 saturated carbocycles. The molecule has 3 aromatic rings. The van der Waals surface area contributed by atoms with Crippen molar-refractivity contribution in [1.29, 1.82) is 0 Å². The lowest BCUT2D eigenvalue weighted by Gasteiger charge is -2.30. The lowest BCUT2D eigenvalue weighted by molar-refractivity contribution is 0.0876. The maximum atomic E-state index is 13.2. The van der Waals surface area contributed by atoms with Gasteiger partial charge in [0.25, 0.3) is 0 Å². The highest BCUT2D eigenvalue weighted by Gasteiger charge is 2.33. The van der Waals surface area contributed by atoms with E-state index in [1.54, 1.807) is 20.3 Å².